The summed E-state index contributed by atoms with van der Waals surface area (Å²) >= 11 is 0. The van der Waals surface area contributed by atoms with E-state index in [0.29, 0.717) is 6.42 Å². The van der Waals surface area contributed by atoms with Crippen LogP contribution in [0.5, 0.6) is 0 Å². The second-order valence-corrected chi connectivity index (χ2v) is 2.22. The Morgan fingerprint density at radius 1 is 1.64 bits per heavy atom. The normalized spacial score (nSPS) is 12.9. The Morgan fingerprint density at radius 2 is 2.27 bits per heavy atom. The predicted molar refractivity (Wildman–Crippen MR) is 39.4 cm³/mol. The van der Waals surface area contributed by atoms with Crippen molar-refractivity contribution in [3.8, 4) is 0 Å². The Hall–Kier alpha value is -0.610. The van der Waals surface area contributed by atoms with Gasteiger partial charge in [-0.05, 0) is 6.42 Å². The molecule has 0 heterocycles. The van der Waals surface area contributed by atoms with Gasteiger partial charge >= 0.3 is 5.97 Å². The minimum atomic E-state index is -0.866. The third-order valence-electron chi connectivity index (χ3n) is 1.30. The Balaban J connectivity index is 3.49. The van der Waals surface area contributed by atoms with E-state index in [1.54, 1.807) is 0 Å². The number of ether oxygens (including phenoxy) is 1. The van der Waals surface area contributed by atoms with Gasteiger partial charge in [-0.2, -0.15) is 0 Å². The monoisotopic (exact) mass is 162 g/mol. The van der Waals surface area contributed by atoms with Crippen LogP contribution in [0.15, 0.2) is 0 Å². The number of rotatable bonds is 6. The number of aliphatic hydroxyl groups is 1. The molecule has 0 bridgehead atoms. The smallest absolute Gasteiger partial charge is 0.305 e. The van der Waals surface area contributed by atoms with Crippen molar-refractivity contribution in [3.63, 3.8) is 0 Å². The van der Waals surface area contributed by atoms with E-state index in [4.69, 9.17) is 14.9 Å². The van der Waals surface area contributed by atoms with E-state index >= 15 is 0 Å². The van der Waals surface area contributed by atoms with E-state index in [9.17, 15) is 4.79 Å². The molecule has 0 saturated carbocycles. The third kappa shape index (κ3) is 5.82. The summed E-state index contributed by atoms with van der Waals surface area (Å²) in [6, 6.07) is 0. The molecule has 0 aromatic carbocycles. The lowest BCUT2D eigenvalue weighted by Crippen LogP contribution is -2.18. The molecule has 0 saturated heterocycles. The van der Waals surface area contributed by atoms with Crippen LogP contribution in [0.25, 0.3) is 0 Å². The zero-order valence-corrected chi connectivity index (χ0v) is 6.62. The van der Waals surface area contributed by atoms with Crippen LogP contribution in [0.3, 0.4) is 0 Å². The van der Waals surface area contributed by atoms with Crippen LogP contribution >= 0.6 is 0 Å². The number of carbonyl (C=O) groups is 1. The second-order valence-electron chi connectivity index (χ2n) is 2.22. The number of carboxylic acids is 1. The van der Waals surface area contributed by atoms with Crippen LogP contribution in [0.1, 0.15) is 19.8 Å². The first-order valence-electron chi connectivity index (χ1n) is 3.65. The van der Waals surface area contributed by atoms with Gasteiger partial charge in [-0.1, -0.05) is 6.92 Å². The minimum Gasteiger partial charge on any atom is -0.481 e. The minimum absolute atomic E-state index is 0.0104. The average Bonchev–Trinajstić information content (AvgIpc) is 1.97. The summed E-state index contributed by atoms with van der Waals surface area (Å²) in [7, 11) is 0. The van der Waals surface area contributed by atoms with Gasteiger partial charge in [0.1, 0.15) is 0 Å². The summed E-state index contributed by atoms with van der Waals surface area (Å²) in [4.78, 5) is 10.2. The molecule has 0 amide bonds. The van der Waals surface area contributed by atoms with E-state index in [0.717, 1.165) is 0 Å². The maximum atomic E-state index is 10.2. The molecule has 66 valence electrons. The van der Waals surface area contributed by atoms with Gasteiger partial charge in [0.05, 0.1) is 25.7 Å². The topological polar surface area (TPSA) is 66.8 Å². The molecule has 11 heavy (non-hydrogen) atoms. The highest BCUT2D eigenvalue weighted by Gasteiger charge is 2.10. The molecule has 4 nitrogen and oxygen atoms in total. The van der Waals surface area contributed by atoms with Crippen molar-refractivity contribution in [2.45, 2.75) is 25.9 Å². The van der Waals surface area contributed by atoms with Crippen molar-refractivity contribution in [3.05, 3.63) is 0 Å². The van der Waals surface area contributed by atoms with Gasteiger partial charge < -0.3 is 14.9 Å². The molecule has 0 aliphatic rings. The molecule has 0 aliphatic heterocycles. The number of hydrogen-bond donors (Lipinski definition) is 2. The fraction of sp³-hybridized carbons (Fsp3) is 0.857. The van der Waals surface area contributed by atoms with E-state index < -0.39 is 5.97 Å². The lowest BCUT2D eigenvalue weighted by molar-refractivity contribution is -0.140. The molecule has 0 aromatic heterocycles. The van der Waals surface area contributed by atoms with Crippen molar-refractivity contribution in [2.24, 2.45) is 0 Å². The highest BCUT2D eigenvalue weighted by molar-refractivity contribution is 5.67. The molecule has 0 aromatic rings. The van der Waals surface area contributed by atoms with Gasteiger partial charge in [-0.15, -0.1) is 0 Å². The van der Waals surface area contributed by atoms with Crippen LogP contribution in [-0.4, -0.2) is 35.5 Å². The molecule has 1 atom stereocenters. The van der Waals surface area contributed by atoms with Gasteiger partial charge in [0.2, 0.25) is 0 Å². The van der Waals surface area contributed by atoms with Gasteiger partial charge in [0, 0.05) is 0 Å². The molecule has 2 N–H and O–H groups in total. The summed E-state index contributed by atoms with van der Waals surface area (Å²) in [6.45, 7) is 2.01. The summed E-state index contributed by atoms with van der Waals surface area (Å²) in [6.07, 6.45) is 0.405. The third-order valence-corrected chi connectivity index (χ3v) is 1.30. The van der Waals surface area contributed by atoms with Crippen LogP contribution in [0.4, 0.5) is 0 Å². The summed E-state index contributed by atoms with van der Waals surface area (Å²) in [5.41, 5.74) is 0. The lowest BCUT2D eigenvalue weighted by atomic mass is 10.2. The molecular formula is C7H14O4. The molecule has 0 rings (SSSR count). The molecule has 0 fully saturated rings. The first kappa shape index (κ1) is 10.4. The Bertz CT molecular complexity index is 113. The van der Waals surface area contributed by atoms with E-state index in [1.807, 2.05) is 6.92 Å². The quantitative estimate of drug-likeness (QED) is 0.587. The van der Waals surface area contributed by atoms with Crippen molar-refractivity contribution in [2.75, 3.05) is 13.2 Å². The predicted octanol–water partition coefficient (Wildman–Crippen LogP) is 0.249. The van der Waals surface area contributed by atoms with Gasteiger partial charge in [-0.25, -0.2) is 0 Å². The van der Waals surface area contributed by atoms with Crippen LogP contribution in [0, 0.1) is 0 Å². The number of carboxylic acid groups (broad SMARTS) is 1. The first-order chi connectivity index (χ1) is 5.20. The summed E-state index contributed by atoms with van der Waals surface area (Å²) in [5.74, 6) is -0.866. The Labute approximate surface area is 65.8 Å². The summed E-state index contributed by atoms with van der Waals surface area (Å²) in [5, 5.41) is 16.7. The fourth-order valence-corrected chi connectivity index (χ4v) is 0.735. The van der Waals surface area contributed by atoms with Crippen molar-refractivity contribution >= 4 is 5.97 Å². The lowest BCUT2D eigenvalue weighted by Gasteiger charge is -2.11. The van der Waals surface area contributed by atoms with Crippen LogP contribution < -0.4 is 0 Å². The molecule has 4 heteroatoms. The fourth-order valence-electron chi connectivity index (χ4n) is 0.735. The van der Waals surface area contributed by atoms with E-state index in [-0.39, 0.29) is 25.7 Å². The average molecular weight is 162 g/mol. The van der Waals surface area contributed by atoms with Gasteiger partial charge in [-0.3, -0.25) is 4.79 Å². The highest BCUT2D eigenvalue weighted by Crippen LogP contribution is 2.02. The van der Waals surface area contributed by atoms with Crippen molar-refractivity contribution in [1.29, 1.82) is 0 Å². The van der Waals surface area contributed by atoms with Crippen molar-refractivity contribution < 1.29 is 19.7 Å². The van der Waals surface area contributed by atoms with Gasteiger partial charge in [0.25, 0.3) is 0 Å². The maximum absolute atomic E-state index is 10.2. The van der Waals surface area contributed by atoms with Crippen molar-refractivity contribution in [1.82, 2.24) is 0 Å². The SMILES string of the molecule is CC[C@H](CC(=O)O)OCCO. The van der Waals surface area contributed by atoms with Crippen LogP contribution in [-0.2, 0) is 9.53 Å². The van der Waals surface area contributed by atoms with Crippen LogP contribution in [0.2, 0.25) is 0 Å². The largest absolute Gasteiger partial charge is 0.481 e. The number of aliphatic carboxylic acids is 1. The van der Waals surface area contributed by atoms with E-state index in [1.165, 1.54) is 0 Å². The van der Waals surface area contributed by atoms with E-state index in [2.05, 4.69) is 0 Å². The number of hydrogen-bond acceptors (Lipinski definition) is 3. The van der Waals surface area contributed by atoms with Gasteiger partial charge in [0.15, 0.2) is 0 Å². The number of aliphatic hydroxyl groups excluding tert-OH is 1. The summed E-state index contributed by atoms with van der Waals surface area (Å²) < 4.78 is 5.02. The zero-order valence-electron chi connectivity index (χ0n) is 6.62. The molecule has 0 aliphatic carbocycles. The Morgan fingerprint density at radius 3 is 2.64 bits per heavy atom. The molecule has 0 spiro atoms. The molecule has 0 unspecified atom stereocenters. The second kappa shape index (κ2) is 6.12. The maximum Gasteiger partial charge on any atom is 0.305 e. The zero-order chi connectivity index (χ0) is 8.69. The highest BCUT2D eigenvalue weighted by atomic mass is 16.5. The molecule has 0 radical (unpaired) electrons. The standard InChI is InChI=1S/C7H14O4/c1-2-6(5-7(9)10)11-4-3-8/h6,8H,2-5H2,1H3,(H,9,10)/t6-/m1/s1. The Kier molecular flexibility index (Phi) is 5.78. The molecular weight excluding hydrogens is 148 g/mol. The first-order valence-corrected chi connectivity index (χ1v) is 3.65.